The SMILES string of the molecule is CCSI(S)S. The first kappa shape index (κ1) is 7.78. The zero-order chi connectivity index (χ0) is 4.99. The molecule has 0 N–H and O–H groups in total. The first-order valence-corrected chi connectivity index (χ1v) is 11.5. The summed E-state index contributed by atoms with van der Waals surface area (Å²) in [5, 5.41) is 0. The van der Waals surface area contributed by atoms with Crippen molar-refractivity contribution in [2.75, 3.05) is 5.75 Å². The first-order chi connectivity index (χ1) is 2.77. The average Bonchev–Trinajstić information content (AvgIpc) is 1.35. The molecular weight excluding hydrogens is 247 g/mol. The predicted molar refractivity (Wildman–Crippen MR) is 50.1 cm³/mol. The summed E-state index contributed by atoms with van der Waals surface area (Å²) in [6, 6.07) is 0. The van der Waals surface area contributed by atoms with Crippen LogP contribution >= 0.6 is 44.2 Å². The van der Waals surface area contributed by atoms with E-state index in [9.17, 15) is 0 Å². The average molecular weight is 254 g/mol. The number of rotatable bonds is 2. The molecule has 0 amide bonds. The molecule has 0 bridgehead atoms. The second kappa shape index (κ2) is 4.93. The van der Waals surface area contributed by atoms with Crippen molar-refractivity contribution in [3.05, 3.63) is 0 Å². The van der Waals surface area contributed by atoms with Crippen LogP contribution in [0.3, 0.4) is 0 Å². The molecule has 0 aliphatic rings. The third-order valence-electron chi connectivity index (χ3n) is 0.207. The molecule has 0 saturated heterocycles. The van der Waals surface area contributed by atoms with Crippen LogP contribution in [0.5, 0.6) is 0 Å². The van der Waals surface area contributed by atoms with Gasteiger partial charge in [-0.1, -0.05) is 0 Å². The Morgan fingerprint density at radius 1 is 1.67 bits per heavy atom. The molecule has 0 heterocycles. The van der Waals surface area contributed by atoms with Crippen LogP contribution in [0, 0.1) is 0 Å². The molecule has 0 fully saturated rings. The van der Waals surface area contributed by atoms with E-state index in [1.807, 2.05) is 8.93 Å². The van der Waals surface area contributed by atoms with E-state index in [-0.39, 0.29) is 0 Å². The molecular formula is C2H7IS3. The summed E-state index contributed by atoms with van der Waals surface area (Å²) in [6.45, 7) is 2.13. The van der Waals surface area contributed by atoms with Gasteiger partial charge in [0, 0.05) is 0 Å². The van der Waals surface area contributed by atoms with Crippen LogP contribution in [0.15, 0.2) is 0 Å². The number of thiol groups is 2. The van der Waals surface area contributed by atoms with Crippen molar-refractivity contribution >= 4 is 44.2 Å². The van der Waals surface area contributed by atoms with E-state index in [0.29, 0.717) is 0 Å². The Hall–Kier alpha value is 1.78. The second-order valence-electron chi connectivity index (χ2n) is 0.611. The van der Waals surface area contributed by atoms with E-state index in [4.69, 9.17) is 0 Å². The summed E-state index contributed by atoms with van der Waals surface area (Å²) in [7, 11) is 10.2. The van der Waals surface area contributed by atoms with Crippen molar-refractivity contribution in [2.24, 2.45) is 0 Å². The number of hydrogen-bond acceptors (Lipinski definition) is 3. The van der Waals surface area contributed by atoms with Gasteiger partial charge in [-0.25, -0.2) is 0 Å². The fourth-order valence-corrected chi connectivity index (χ4v) is 5.89. The van der Waals surface area contributed by atoms with Crippen molar-refractivity contribution in [3.8, 4) is 0 Å². The molecule has 0 nitrogen and oxygen atoms in total. The molecule has 0 atom stereocenters. The molecule has 0 aromatic rings. The Labute approximate surface area is 56.4 Å². The van der Waals surface area contributed by atoms with Gasteiger partial charge in [-0.3, -0.25) is 0 Å². The second-order valence-corrected chi connectivity index (χ2v) is 16.0. The van der Waals surface area contributed by atoms with Crippen LogP contribution in [0.1, 0.15) is 6.92 Å². The predicted octanol–water partition coefficient (Wildman–Crippen LogP) is 2.85. The van der Waals surface area contributed by atoms with Crippen molar-refractivity contribution in [1.29, 1.82) is 0 Å². The summed E-state index contributed by atoms with van der Waals surface area (Å²) in [5.41, 5.74) is 0. The van der Waals surface area contributed by atoms with Gasteiger partial charge in [0.1, 0.15) is 0 Å². The third kappa shape index (κ3) is 5.78. The number of hydrogen-bond donors (Lipinski definition) is 2. The summed E-state index contributed by atoms with van der Waals surface area (Å²) in [5.74, 6) is 1.16. The zero-order valence-electron chi connectivity index (χ0n) is 3.39. The van der Waals surface area contributed by atoms with E-state index in [1.165, 1.54) is 0 Å². The molecule has 0 saturated carbocycles. The van der Waals surface area contributed by atoms with Crippen LogP contribution in [-0.4, -0.2) is 5.75 Å². The minimum atomic E-state index is -1.00. The van der Waals surface area contributed by atoms with Gasteiger partial charge in [-0.2, -0.15) is 0 Å². The van der Waals surface area contributed by atoms with Crippen molar-refractivity contribution < 1.29 is 0 Å². The van der Waals surface area contributed by atoms with Gasteiger partial charge in [0.25, 0.3) is 0 Å². The van der Waals surface area contributed by atoms with E-state index in [1.54, 1.807) is 0 Å². The summed E-state index contributed by atoms with van der Waals surface area (Å²) < 4.78 is 0. The summed E-state index contributed by atoms with van der Waals surface area (Å²) >= 11 is -1.00. The molecule has 6 heavy (non-hydrogen) atoms. The summed E-state index contributed by atoms with van der Waals surface area (Å²) in [6.07, 6.45) is 0. The van der Waals surface area contributed by atoms with Gasteiger partial charge in [0.15, 0.2) is 0 Å². The van der Waals surface area contributed by atoms with Crippen molar-refractivity contribution in [2.45, 2.75) is 6.92 Å². The Kier molecular flexibility index (Phi) is 6.39. The Balaban J connectivity index is 2.63. The van der Waals surface area contributed by atoms with Crippen molar-refractivity contribution in [1.82, 2.24) is 0 Å². The van der Waals surface area contributed by atoms with Crippen LogP contribution in [0.2, 0.25) is 0 Å². The number of halogens is 1. The van der Waals surface area contributed by atoms with Crippen molar-refractivity contribution in [3.63, 3.8) is 0 Å². The Bertz CT molecular complexity index is 30.0. The van der Waals surface area contributed by atoms with Gasteiger partial charge in [-0.05, 0) is 0 Å². The van der Waals surface area contributed by atoms with Gasteiger partial charge >= 0.3 is 56.9 Å². The van der Waals surface area contributed by atoms with Crippen LogP contribution in [0.4, 0.5) is 0 Å². The monoisotopic (exact) mass is 254 g/mol. The maximum absolute atomic E-state index is 4.16. The summed E-state index contributed by atoms with van der Waals surface area (Å²) in [4.78, 5) is 0. The molecule has 4 heteroatoms. The molecule has 0 radical (unpaired) electrons. The van der Waals surface area contributed by atoms with Crippen LogP contribution in [0.25, 0.3) is 0 Å². The zero-order valence-corrected chi connectivity index (χ0v) is 8.15. The van der Waals surface area contributed by atoms with E-state index >= 15 is 0 Å². The third-order valence-corrected chi connectivity index (χ3v) is 8.09. The Morgan fingerprint density at radius 3 is 2.17 bits per heavy atom. The molecule has 0 aliphatic heterocycles. The van der Waals surface area contributed by atoms with E-state index < -0.39 is 15.7 Å². The standard InChI is InChI=1S/C2H7IS3/c1-2-6-3(4)5/h4-5H,2H2,1H3. The van der Waals surface area contributed by atoms with Gasteiger partial charge in [0.2, 0.25) is 0 Å². The minimum absolute atomic E-state index is 1.00. The van der Waals surface area contributed by atoms with Gasteiger partial charge < -0.3 is 0 Å². The van der Waals surface area contributed by atoms with Crippen LogP contribution in [-0.2, 0) is 0 Å². The topological polar surface area (TPSA) is 0 Å². The Morgan fingerprint density at radius 2 is 2.17 bits per heavy atom. The molecule has 0 spiro atoms. The fraction of sp³-hybridized carbons (Fsp3) is 1.00. The van der Waals surface area contributed by atoms with Gasteiger partial charge in [0.05, 0.1) is 0 Å². The molecule has 0 aromatic heterocycles. The molecule has 0 rings (SSSR count). The maximum atomic E-state index is 4.16. The van der Waals surface area contributed by atoms with E-state index in [2.05, 4.69) is 26.5 Å². The van der Waals surface area contributed by atoms with Crippen LogP contribution < -0.4 is 0 Å². The van der Waals surface area contributed by atoms with Gasteiger partial charge in [-0.15, -0.1) is 0 Å². The first-order valence-electron chi connectivity index (χ1n) is 1.49. The molecule has 0 aromatic carbocycles. The molecule has 0 aliphatic carbocycles. The fourth-order valence-electron chi connectivity index (χ4n) is 0.0976. The quantitative estimate of drug-likeness (QED) is 0.564. The normalized spacial score (nSPS) is 11.5. The van der Waals surface area contributed by atoms with E-state index in [0.717, 1.165) is 5.75 Å². The molecule has 0 unspecified atom stereocenters. The molecule has 40 valence electrons.